The molecule has 0 aliphatic heterocycles. The molecule has 140 valence electrons. The topological polar surface area (TPSA) is 39.9 Å². The zero-order chi connectivity index (χ0) is 20.1. The van der Waals surface area contributed by atoms with Gasteiger partial charge in [-0.05, 0) is 43.2 Å². The summed E-state index contributed by atoms with van der Waals surface area (Å²) >= 11 is 0. The molecule has 0 unspecified atom stereocenters. The van der Waals surface area contributed by atoms with Crippen molar-refractivity contribution in [3.8, 4) is 16.9 Å². The first-order valence-electron chi connectivity index (χ1n) is 8.93. The van der Waals surface area contributed by atoms with Crippen LogP contribution >= 0.6 is 0 Å². The van der Waals surface area contributed by atoms with Crippen LogP contribution in [0.25, 0.3) is 26.7 Å². The van der Waals surface area contributed by atoms with Crippen molar-refractivity contribution in [2.75, 3.05) is 0 Å². The van der Waals surface area contributed by atoms with Crippen molar-refractivity contribution in [2.24, 2.45) is 0 Å². The highest BCUT2D eigenvalue weighted by atomic mass is 16.6. The minimum absolute atomic E-state index is 0.462. The number of esters is 1. The number of fused-ring (bicyclic) bond motifs is 1. The third kappa shape index (κ3) is 4.57. The van der Waals surface area contributed by atoms with Gasteiger partial charge in [0.25, 0.3) is 0 Å². The smallest absolute Gasteiger partial charge is 0.334 e. The Morgan fingerprint density at radius 1 is 1.00 bits per heavy atom. The molecule has 3 aromatic rings. The monoisotopic (exact) mass is 371 g/mol. The second kappa shape index (κ2) is 7.98. The second-order valence-electron chi connectivity index (χ2n) is 7.27. The van der Waals surface area contributed by atoms with E-state index >= 15 is 0 Å². The average Bonchev–Trinajstić information content (AvgIpc) is 2.66. The number of benzene rings is 3. The van der Waals surface area contributed by atoms with Crippen LogP contribution in [0.2, 0.25) is 0 Å². The maximum absolute atomic E-state index is 11.9. The molecule has 28 heavy (non-hydrogen) atoms. The summed E-state index contributed by atoms with van der Waals surface area (Å²) in [4.78, 5) is 15.3. The number of hydrogen-bond acceptors (Lipinski definition) is 3. The Kier molecular flexibility index (Phi) is 5.47. The van der Waals surface area contributed by atoms with Crippen LogP contribution in [0.1, 0.15) is 20.8 Å². The first-order chi connectivity index (χ1) is 13.4. The summed E-state index contributed by atoms with van der Waals surface area (Å²) in [6.45, 7) is 12.6. The number of nitrogens with zero attached hydrogens (tertiary/aromatic N) is 1. The van der Waals surface area contributed by atoms with Gasteiger partial charge in [-0.3, -0.25) is 0 Å². The molecule has 4 heteroatoms. The molecular weight excluding hydrogens is 350 g/mol. The molecule has 3 aromatic carbocycles. The summed E-state index contributed by atoms with van der Waals surface area (Å²) in [5.41, 5.74) is 1.87. The maximum Gasteiger partial charge on any atom is 0.334 e. The summed E-state index contributed by atoms with van der Waals surface area (Å²) < 4.78 is 11.1. The molecule has 0 spiro atoms. The van der Waals surface area contributed by atoms with Gasteiger partial charge in [-0.15, -0.1) is 0 Å². The lowest BCUT2D eigenvalue weighted by atomic mass is 9.97. The summed E-state index contributed by atoms with van der Waals surface area (Å²) in [5, 5.41) is 2.11. The molecule has 4 nitrogen and oxygen atoms in total. The molecule has 0 heterocycles. The average molecular weight is 371 g/mol. The van der Waals surface area contributed by atoms with E-state index < -0.39 is 11.6 Å². The normalized spacial score (nSPS) is 11.4. The van der Waals surface area contributed by atoms with Gasteiger partial charge in [-0.2, -0.15) is 0 Å². The highest BCUT2D eigenvalue weighted by Gasteiger charge is 2.14. The Bertz CT molecular complexity index is 1070. The van der Waals surface area contributed by atoms with E-state index in [-0.39, 0.29) is 0 Å². The Morgan fingerprint density at radius 2 is 1.71 bits per heavy atom. The molecule has 0 N–H and O–H groups in total. The third-order valence-electron chi connectivity index (χ3n) is 3.98. The standard InChI is InChI=1S/C24H21NO3/c1-24(2,3)28-22(26)15-16-27-21-14-11-17-7-5-6-8-20(17)23(21)18-9-12-19(25-4)13-10-18/h5-16H,1-3H3/b16-15+. The summed E-state index contributed by atoms with van der Waals surface area (Å²) in [6, 6.07) is 19.2. The van der Waals surface area contributed by atoms with Crippen molar-refractivity contribution in [1.29, 1.82) is 0 Å². The quantitative estimate of drug-likeness (QED) is 0.234. The Balaban J connectivity index is 1.98. The lowest BCUT2D eigenvalue weighted by Crippen LogP contribution is -2.22. The molecule has 0 aliphatic rings. The number of hydrogen-bond donors (Lipinski definition) is 0. The van der Waals surface area contributed by atoms with E-state index in [1.165, 1.54) is 12.3 Å². The molecule has 0 aliphatic carbocycles. The van der Waals surface area contributed by atoms with Crippen molar-refractivity contribution in [3.63, 3.8) is 0 Å². The lowest BCUT2D eigenvalue weighted by Gasteiger charge is -2.18. The molecule has 0 bridgehead atoms. The van der Waals surface area contributed by atoms with E-state index in [9.17, 15) is 4.79 Å². The van der Waals surface area contributed by atoms with Gasteiger partial charge in [-0.1, -0.05) is 54.6 Å². The van der Waals surface area contributed by atoms with Crippen molar-refractivity contribution in [3.05, 3.63) is 84.4 Å². The van der Waals surface area contributed by atoms with E-state index in [0.29, 0.717) is 11.4 Å². The number of carbonyl (C=O) groups excluding carboxylic acids is 1. The predicted octanol–water partition coefficient (Wildman–Crippen LogP) is 6.29. The number of ether oxygens (including phenoxy) is 2. The lowest BCUT2D eigenvalue weighted by molar-refractivity contribution is -0.148. The van der Waals surface area contributed by atoms with Gasteiger partial charge in [0, 0.05) is 5.56 Å². The van der Waals surface area contributed by atoms with Crippen LogP contribution in [0.15, 0.2) is 73.0 Å². The zero-order valence-electron chi connectivity index (χ0n) is 16.1. The van der Waals surface area contributed by atoms with Gasteiger partial charge in [0.15, 0.2) is 5.69 Å². The highest BCUT2D eigenvalue weighted by Crippen LogP contribution is 2.38. The van der Waals surface area contributed by atoms with Crippen LogP contribution in [0, 0.1) is 6.57 Å². The van der Waals surface area contributed by atoms with Gasteiger partial charge >= 0.3 is 5.97 Å². The van der Waals surface area contributed by atoms with Crippen LogP contribution in [0.4, 0.5) is 5.69 Å². The molecular formula is C24H21NO3. The van der Waals surface area contributed by atoms with Crippen molar-refractivity contribution in [2.45, 2.75) is 26.4 Å². The van der Waals surface area contributed by atoms with E-state index in [0.717, 1.165) is 21.9 Å². The van der Waals surface area contributed by atoms with Crippen LogP contribution in [-0.4, -0.2) is 11.6 Å². The molecule has 0 saturated heterocycles. The van der Waals surface area contributed by atoms with Gasteiger partial charge < -0.3 is 9.47 Å². The highest BCUT2D eigenvalue weighted by molar-refractivity contribution is 6.00. The summed E-state index contributed by atoms with van der Waals surface area (Å²) in [6.07, 6.45) is 2.61. The first kappa shape index (κ1) is 19.2. The number of rotatable bonds is 4. The Morgan fingerprint density at radius 3 is 2.39 bits per heavy atom. The summed E-state index contributed by atoms with van der Waals surface area (Å²) in [7, 11) is 0. The van der Waals surface area contributed by atoms with Gasteiger partial charge in [0.1, 0.15) is 11.4 Å². The Hall–Kier alpha value is -3.58. The number of carbonyl (C=O) groups is 1. The molecule has 0 saturated carbocycles. The van der Waals surface area contributed by atoms with Crippen molar-refractivity contribution < 1.29 is 14.3 Å². The molecule has 3 rings (SSSR count). The minimum atomic E-state index is -0.555. The van der Waals surface area contributed by atoms with Gasteiger partial charge in [0.2, 0.25) is 0 Å². The molecule has 0 radical (unpaired) electrons. The fourth-order valence-corrected chi connectivity index (χ4v) is 2.85. The SMILES string of the molecule is [C-]#[N+]c1ccc(-c2c(O/C=C/C(=O)OC(C)(C)C)ccc3ccccc23)cc1. The van der Waals surface area contributed by atoms with Crippen LogP contribution in [-0.2, 0) is 9.53 Å². The fraction of sp³-hybridized carbons (Fsp3) is 0.167. The second-order valence-corrected chi connectivity index (χ2v) is 7.27. The van der Waals surface area contributed by atoms with Crippen LogP contribution in [0.5, 0.6) is 5.75 Å². The van der Waals surface area contributed by atoms with E-state index in [1.54, 1.807) is 12.1 Å². The largest absolute Gasteiger partial charge is 0.464 e. The van der Waals surface area contributed by atoms with E-state index in [2.05, 4.69) is 4.85 Å². The van der Waals surface area contributed by atoms with Gasteiger partial charge in [0.05, 0.1) is 18.9 Å². The van der Waals surface area contributed by atoms with E-state index in [4.69, 9.17) is 16.0 Å². The summed E-state index contributed by atoms with van der Waals surface area (Å²) in [5.74, 6) is 0.158. The molecule has 0 fully saturated rings. The predicted molar refractivity (Wildman–Crippen MR) is 111 cm³/mol. The van der Waals surface area contributed by atoms with Crippen molar-refractivity contribution in [1.82, 2.24) is 0 Å². The fourth-order valence-electron chi connectivity index (χ4n) is 2.85. The minimum Gasteiger partial charge on any atom is -0.464 e. The molecule has 0 aromatic heterocycles. The van der Waals surface area contributed by atoms with Crippen LogP contribution < -0.4 is 4.74 Å². The third-order valence-corrected chi connectivity index (χ3v) is 3.98. The van der Waals surface area contributed by atoms with Crippen LogP contribution in [0.3, 0.4) is 0 Å². The Labute approximate surface area is 164 Å². The maximum atomic E-state index is 11.9. The van der Waals surface area contributed by atoms with Crippen molar-refractivity contribution >= 4 is 22.4 Å². The van der Waals surface area contributed by atoms with Gasteiger partial charge in [-0.25, -0.2) is 9.64 Å². The van der Waals surface area contributed by atoms with E-state index in [1.807, 2.05) is 69.3 Å². The molecule has 0 atom stereocenters. The first-order valence-corrected chi connectivity index (χ1v) is 8.93. The zero-order valence-corrected chi connectivity index (χ0v) is 16.1. The molecule has 0 amide bonds.